The van der Waals surface area contributed by atoms with Crippen molar-refractivity contribution >= 4 is 0 Å². The fourth-order valence-corrected chi connectivity index (χ4v) is 3.88. The number of ether oxygens (including phenoxy) is 2. The lowest BCUT2D eigenvalue weighted by molar-refractivity contribution is 0.0627. The zero-order valence-corrected chi connectivity index (χ0v) is 19.7. The molecule has 1 atom stereocenters. The number of hydrogen-bond acceptors (Lipinski definition) is 2. The first-order chi connectivity index (χ1) is 14.3. The van der Waals surface area contributed by atoms with Gasteiger partial charge >= 0.3 is 0 Å². The Bertz CT molecular complexity index is 454. The van der Waals surface area contributed by atoms with Crippen LogP contribution >= 0.6 is 0 Å². The highest BCUT2D eigenvalue weighted by Gasteiger charge is 2.05. The molecule has 0 amide bonds. The molecule has 1 rings (SSSR count). The highest BCUT2D eigenvalue weighted by Crippen LogP contribution is 2.20. The van der Waals surface area contributed by atoms with E-state index < -0.39 is 0 Å². The number of methoxy groups -OCH3 is 1. The minimum atomic E-state index is 0.164. The molecule has 0 aromatic heterocycles. The first kappa shape index (κ1) is 26.0. The Labute approximate surface area is 181 Å². The molecule has 0 aliphatic carbocycles. The van der Waals surface area contributed by atoms with Crippen molar-refractivity contribution in [1.29, 1.82) is 0 Å². The number of benzene rings is 1. The van der Waals surface area contributed by atoms with Crippen molar-refractivity contribution in [3.05, 3.63) is 29.8 Å². The molecule has 0 aliphatic heterocycles. The van der Waals surface area contributed by atoms with E-state index in [0.29, 0.717) is 0 Å². The van der Waals surface area contributed by atoms with Crippen molar-refractivity contribution in [2.45, 2.75) is 123 Å². The minimum Gasteiger partial charge on any atom is -0.497 e. The van der Waals surface area contributed by atoms with Crippen LogP contribution in [0.15, 0.2) is 24.3 Å². The Balaban J connectivity index is 1.81. The molecule has 0 aliphatic rings. The van der Waals surface area contributed by atoms with Crippen molar-refractivity contribution in [3.8, 4) is 5.75 Å². The maximum absolute atomic E-state index is 5.98. The van der Waals surface area contributed by atoms with Crippen LogP contribution in [0.4, 0.5) is 0 Å². The van der Waals surface area contributed by atoms with Gasteiger partial charge in [0.15, 0.2) is 0 Å². The third kappa shape index (κ3) is 14.6. The summed E-state index contributed by atoms with van der Waals surface area (Å²) in [7, 11) is 1.70. The highest BCUT2D eigenvalue weighted by molar-refractivity contribution is 5.28. The Hall–Kier alpha value is -1.02. The van der Waals surface area contributed by atoms with Gasteiger partial charge in [0.2, 0.25) is 0 Å². The molecule has 0 heterocycles. The maximum atomic E-state index is 5.98. The molecular formula is C27H48O2. The van der Waals surface area contributed by atoms with Crippen molar-refractivity contribution in [2.24, 2.45) is 0 Å². The first-order valence-electron chi connectivity index (χ1n) is 12.5. The van der Waals surface area contributed by atoms with Gasteiger partial charge in [-0.2, -0.15) is 0 Å². The van der Waals surface area contributed by atoms with Gasteiger partial charge in [0.1, 0.15) is 5.75 Å². The van der Waals surface area contributed by atoms with Gasteiger partial charge in [-0.15, -0.1) is 0 Å². The second-order valence-electron chi connectivity index (χ2n) is 8.59. The molecule has 0 saturated heterocycles. The van der Waals surface area contributed by atoms with Gasteiger partial charge < -0.3 is 9.47 Å². The number of unbranched alkanes of at least 4 members (excludes halogenated alkanes) is 15. The fraction of sp³-hybridized carbons (Fsp3) is 0.778. The Morgan fingerprint density at radius 2 is 1.03 bits per heavy atom. The van der Waals surface area contributed by atoms with Crippen molar-refractivity contribution in [2.75, 3.05) is 13.7 Å². The molecule has 2 nitrogen and oxygen atoms in total. The van der Waals surface area contributed by atoms with E-state index >= 15 is 0 Å². The Morgan fingerprint density at radius 3 is 1.45 bits per heavy atom. The average Bonchev–Trinajstić information content (AvgIpc) is 2.75. The number of hydrogen-bond donors (Lipinski definition) is 0. The lowest BCUT2D eigenvalue weighted by atomic mass is 10.0. The quantitative estimate of drug-likeness (QED) is 0.202. The summed E-state index contributed by atoms with van der Waals surface area (Å²) in [5, 5.41) is 0. The molecule has 0 spiro atoms. The van der Waals surface area contributed by atoms with Gasteiger partial charge in [0.25, 0.3) is 0 Å². The molecule has 2 heteroatoms. The van der Waals surface area contributed by atoms with Crippen molar-refractivity contribution in [3.63, 3.8) is 0 Å². The molecule has 1 aromatic carbocycles. The fourth-order valence-electron chi connectivity index (χ4n) is 3.88. The largest absolute Gasteiger partial charge is 0.497 e. The molecule has 29 heavy (non-hydrogen) atoms. The van der Waals surface area contributed by atoms with E-state index in [4.69, 9.17) is 9.47 Å². The van der Waals surface area contributed by atoms with Crippen molar-refractivity contribution in [1.82, 2.24) is 0 Å². The molecular weight excluding hydrogens is 356 g/mol. The van der Waals surface area contributed by atoms with E-state index in [9.17, 15) is 0 Å². The smallest absolute Gasteiger partial charge is 0.118 e. The molecule has 0 bridgehead atoms. The van der Waals surface area contributed by atoms with Crippen LogP contribution in [0.3, 0.4) is 0 Å². The molecule has 0 N–H and O–H groups in total. The van der Waals surface area contributed by atoms with Gasteiger partial charge in [-0.3, -0.25) is 0 Å². The van der Waals surface area contributed by atoms with Crippen LogP contribution < -0.4 is 4.74 Å². The van der Waals surface area contributed by atoms with E-state index in [1.807, 2.05) is 12.1 Å². The van der Waals surface area contributed by atoms with E-state index in [2.05, 4.69) is 26.0 Å². The summed E-state index contributed by atoms with van der Waals surface area (Å²) in [4.78, 5) is 0. The summed E-state index contributed by atoms with van der Waals surface area (Å²) in [5.41, 5.74) is 1.22. The van der Waals surface area contributed by atoms with Crippen LogP contribution in [-0.4, -0.2) is 13.7 Å². The topological polar surface area (TPSA) is 18.5 Å². The van der Waals surface area contributed by atoms with Crippen LogP contribution in [0.25, 0.3) is 0 Å². The predicted molar refractivity (Wildman–Crippen MR) is 127 cm³/mol. The third-order valence-electron chi connectivity index (χ3n) is 5.95. The molecule has 0 saturated carbocycles. The van der Waals surface area contributed by atoms with Gasteiger partial charge in [0.05, 0.1) is 13.2 Å². The lowest BCUT2D eigenvalue weighted by Crippen LogP contribution is -2.01. The summed E-state index contributed by atoms with van der Waals surface area (Å²) >= 11 is 0. The average molecular weight is 405 g/mol. The summed E-state index contributed by atoms with van der Waals surface area (Å²) in [5.74, 6) is 0.902. The van der Waals surface area contributed by atoms with E-state index in [1.165, 1.54) is 108 Å². The van der Waals surface area contributed by atoms with Crippen LogP contribution in [0.5, 0.6) is 5.75 Å². The monoisotopic (exact) mass is 404 g/mol. The third-order valence-corrected chi connectivity index (χ3v) is 5.95. The maximum Gasteiger partial charge on any atom is 0.118 e. The van der Waals surface area contributed by atoms with E-state index in [-0.39, 0.29) is 6.10 Å². The molecule has 168 valence electrons. The van der Waals surface area contributed by atoms with Crippen LogP contribution in [0.1, 0.15) is 128 Å². The summed E-state index contributed by atoms with van der Waals surface area (Å²) in [6.07, 6.45) is 22.7. The second-order valence-corrected chi connectivity index (χ2v) is 8.59. The van der Waals surface area contributed by atoms with Gasteiger partial charge in [-0.05, 0) is 31.0 Å². The number of rotatable bonds is 20. The summed E-state index contributed by atoms with van der Waals surface area (Å²) < 4.78 is 11.2. The van der Waals surface area contributed by atoms with Crippen molar-refractivity contribution < 1.29 is 9.47 Å². The summed E-state index contributed by atoms with van der Waals surface area (Å²) in [6, 6.07) is 8.20. The van der Waals surface area contributed by atoms with Crippen LogP contribution in [-0.2, 0) is 4.74 Å². The SMILES string of the molecule is CCCCCCCCCCCCCCCCCCOC(C)c1ccc(OC)cc1. The van der Waals surface area contributed by atoms with Gasteiger partial charge in [-0.1, -0.05) is 115 Å². The highest BCUT2D eigenvalue weighted by atomic mass is 16.5. The lowest BCUT2D eigenvalue weighted by Gasteiger charge is -2.14. The van der Waals surface area contributed by atoms with Crippen LogP contribution in [0, 0.1) is 0 Å². The van der Waals surface area contributed by atoms with Crippen LogP contribution in [0.2, 0.25) is 0 Å². The molecule has 0 fully saturated rings. The van der Waals surface area contributed by atoms with Gasteiger partial charge in [0, 0.05) is 6.61 Å². The molecule has 0 radical (unpaired) electrons. The van der Waals surface area contributed by atoms with E-state index in [0.717, 1.165) is 12.4 Å². The zero-order chi connectivity index (χ0) is 21.0. The Kier molecular flexibility index (Phi) is 17.0. The predicted octanol–water partition coefficient (Wildman–Crippen LogP) is 9.03. The molecule has 1 unspecified atom stereocenters. The van der Waals surface area contributed by atoms with Gasteiger partial charge in [-0.25, -0.2) is 0 Å². The summed E-state index contributed by atoms with van der Waals surface area (Å²) in [6.45, 7) is 5.29. The standard InChI is InChI=1S/C27H48O2/c1-4-5-6-7-8-9-10-11-12-13-14-15-16-17-18-19-24-29-25(2)26-20-22-27(28-3)23-21-26/h20-23,25H,4-19,24H2,1-3H3. The molecule has 1 aromatic rings. The zero-order valence-electron chi connectivity index (χ0n) is 19.7. The van der Waals surface area contributed by atoms with E-state index in [1.54, 1.807) is 7.11 Å². The second kappa shape index (κ2) is 19.0. The minimum absolute atomic E-state index is 0.164. The Morgan fingerprint density at radius 1 is 0.621 bits per heavy atom. The first-order valence-corrected chi connectivity index (χ1v) is 12.5. The normalized spacial score (nSPS) is 12.2.